The number of likely N-dealkylation sites (tertiary alicyclic amines) is 1. The van der Waals surface area contributed by atoms with E-state index in [4.69, 9.17) is 0 Å². The molecule has 1 aliphatic rings. The summed E-state index contributed by atoms with van der Waals surface area (Å²) in [5.41, 5.74) is 0. The van der Waals surface area contributed by atoms with E-state index in [-0.39, 0.29) is 0 Å². The summed E-state index contributed by atoms with van der Waals surface area (Å²) >= 11 is 0. The lowest BCUT2D eigenvalue weighted by Crippen LogP contribution is -2.42. The second-order valence-corrected chi connectivity index (χ2v) is 3.46. The van der Waals surface area contributed by atoms with Gasteiger partial charge in [0, 0.05) is 6.04 Å². The van der Waals surface area contributed by atoms with Crippen molar-refractivity contribution in [3.8, 4) is 0 Å². The third-order valence-corrected chi connectivity index (χ3v) is 2.05. The van der Waals surface area contributed by atoms with Gasteiger partial charge in [-0.1, -0.05) is 0 Å². The lowest BCUT2D eigenvalue weighted by molar-refractivity contribution is 0.250. The van der Waals surface area contributed by atoms with E-state index >= 15 is 0 Å². The van der Waals surface area contributed by atoms with Crippen molar-refractivity contribution in [1.82, 2.24) is 10.2 Å². The number of nitrogens with one attached hydrogen (secondary N) is 1. The average molecular weight is 142 g/mol. The van der Waals surface area contributed by atoms with E-state index in [1.54, 1.807) is 0 Å². The summed E-state index contributed by atoms with van der Waals surface area (Å²) in [6.07, 6.45) is 3.30. The number of hydrogen-bond acceptors (Lipinski definition) is 2. The molecular weight excluding hydrogens is 124 g/mol. The maximum atomic E-state index is 3.52. The molecule has 1 unspecified atom stereocenters. The molecule has 2 nitrogen and oxygen atoms in total. The first-order valence-corrected chi connectivity index (χ1v) is 4.16. The monoisotopic (exact) mass is 142 g/mol. The molecule has 0 aromatic rings. The molecule has 1 saturated heterocycles. The van der Waals surface area contributed by atoms with Crippen molar-refractivity contribution in [1.29, 1.82) is 0 Å². The van der Waals surface area contributed by atoms with Crippen molar-refractivity contribution in [3.05, 3.63) is 0 Å². The third kappa shape index (κ3) is 1.96. The Hall–Kier alpha value is -0.0800. The van der Waals surface area contributed by atoms with Crippen LogP contribution in [-0.2, 0) is 0 Å². The van der Waals surface area contributed by atoms with Gasteiger partial charge in [-0.05, 0) is 40.3 Å². The fourth-order valence-corrected chi connectivity index (χ4v) is 1.51. The molecule has 0 aromatic carbocycles. The molecule has 1 rings (SSSR count). The first kappa shape index (κ1) is 8.02. The summed E-state index contributed by atoms with van der Waals surface area (Å²) in [7, 11) is 2.19. The predicted molar refractivity (Wildman–Crippen MR) is 43.9 cm³/mol. The summed E-state index contributed by atoms with van der Waals surface area (Å²) in [4.78, 5) is 2.39. The standard InChI is InChI=1S/C8H18N2/c1-7(2)9-8-5-4-6-10(8)3/h7-9H,4-6H2,1-3H3. The van der Waals surface area contributed by atoms with Crippen LogP contribution < -0.4 is 5.32 Å². The molecule has 0 aliphatic carbocycles. The summed E-state index contributed by atoms with van der Waals surface area (Å²) in [6, 6.07) is 0.616. The minimum Gasteiger partial charge on any atom is -0.299 e. The Labute approximate surface area is 63.6 Å². The highest BCUT2D eigenvalue weighted by atomic mass is 15.3. The van der Waals surface area contributed by atoms with Crippen molar-refractivity contribution in [2.45, 2.75) is 38.9 Å². The largest absolute Gasteiger partial charge is 0.299 e. The molecule has 0 spiro atoms. The van der Waals surface area contributed by atoms with E-state index in [9.17, 15) is 0 Å². The molecule has 1 atom stereocenters. The average Bonchev–Trinajstić information content (AvgIpc) is 2.15. The summed E-state index contributed by atoms with van der Waals surface area (Å²) in [6.45, 7) is 5.66. The zero-order valence-electron chi connectivity index (χ0n) is 7.22. The van der Waals surface area contributed by atoms with E-state index in [2.05, 4.69) is 31.1 Å². The van der Waals surface area contributed by atoms with Crippen molar-refractivity contribution < 1.29 is 0 Å². The lowest BCUT2D eigenvalue weighted by Gasteiger charge is -2.22. The van der Waals surface area contributed by atoms with Gasteiger partial charge in [-0.25, -0.2) is 0 Å². The van der Waals surface area contributed by atoms with Crippen LogP contribution in [0, 0.1) is 0 Å². The van der Waals surface area contributed by atoms with Crippen molar-refractivity contribution in [2.24, 2.45) is 0 Å². The first-order valence-electron chi connectivity index (χ1n) is 4.16. The summed E-state index contributed by atoms with van der Waals surface area (Å²) in [5, 5.41) is 3.52. The Morgan fingerprint density at radius 3 is 2.60 bits per heavy atom. The van der Waals surface area contributed by atoms with Crippen LogP contribution >= 0.6 is 0 Å². The van der Waals surface area contributed by atoms with Gasteiger partial charge in [0.05, 0.1) is 6.17 Å². The summed E-state index contributed by atoms with van der Waals surface area (Å²) < 4.78 is 0. The van der Waals surface area contributed by atoms with Crippen LogP contribution in [-0.4, -0.2) is 30.7 Å². The molecule has 60 valence electrons. The Kier molecular flexibility index (Phi) is 2.69. The first-order chi connectivity index (χ1) is 4.70. The minimum absolute atomic E-state index is 0.616. The quantitative estimate of drug-likeness (QED) is 0.619. The van der Waals surface area contributed by atoms with Gasteiger partial charge in [-0.2, -0.15) is 0 Å². The molecule has 10 heavy (non-hydrogen) atoms. The maximum absolute atomic E-state index is 3.52. The van der Waals surface area contributed by atoms with Crippen molar-refractivity contribution >= 4 is 0 Å². The van der Waals surface area contributed by atoms with Gasteiger partial charge in [-0.3, -0.25) is 10.2 Å². The molecule has 1 aliphatic heterocycles. The molecule has 1 heterocycles. The highest BCUT2D eigenvalue weighted by molar-refractivity contribution is 4.75. The third-order valence-electron chi connectivity index (χ3n) is 2.05. The Morgan fingerprint density at radius 1 is 1.50 bits per heavy atom. The highest BCUT2D eigenvalue weighted by Crippen LogP contribution is 2.12. The smallest absolute Gasteiger partial charge is 0.0596 e. The molecule has 0 aromatic heterocycles. The minimum atomic E-state index is 0.616. The maximum Gasteiger partial charge on any atom is 0.0596 e. The number of nitrogens with zero attached hydrogens (tertiary/aromatic N) is 1. The molecule has 0 amide bonds. The molecule has 0 radical (unpaired) electrons. The van der Waals surface area contributed by atoms with Crippen LogP contribution in [0.5, 0.6) is 0 Å². The number of rotatable bonds is 2. The Balaban J connectivity index is 2.26. The molecule has 1 N–H and O–H groups in total. The molecular formula is C8H18N2. The van der Waals surface area contributed by atoms with Crippen LogP contribution in [0.25, 0.3) is 0 Å². The van der Waals surface area contributed by atoms with E-state index < -0.39 is 0 Å². The fourth-order valence-electron chi connectivity index (χ4n) is 1.51. The Bertz CT molecular complexity index is 101. The predicted octanol–water partition coefficient (Wildman–Crippen LogP) is 1.04. The second kappa shape index (κ2) is 3.35. The molecule has 0 saturated carbocycles. The van der Waals surface area contributed by atoms with Crippen LogP contribution in [0.3, 0.4) is 0 Å². The van der Waals surface area contributed by atoms with Gasteiger partial charge in [0.25, 0.3) is 0 Å². The zero-order valence-corrected chi connectivity index (χ0v) is 7.22. The van der Waals surface area contributed by atoms with Gasteiger partial charge < -0.3 is 0 Å². The van der Waals surface area contributed by atoms with Crippen LogP contribution in [0.4, 0.5) is 0 Å². The van der Waals surface area contributed by atoms with Crippen molar-refractivity contribution in [2.75, 3.05) is 13.6 Å². The van der Waals surface area contributed by atoms with Gasteiger partial charge in [-0.15, -0.1) is 0 Å². The molecule has 1 fully saturated rings. The number of hydrogen-bond donors (Lipinski definition) is 1. The molecule has 0 bridgehead atoms. The van der Waals surface area contributed by atoms with Crippen LogP contribution in [0.2, 0.25) is 0 Å². The van der Waals surface area contributed by atoms with E-state index in [1.807, 2.05) is 0 Å². The van der Waals surface area contributed by atoms with E-state index in [0.29, 0.717) is 12.2 Å². The van der Waals surface area contributed by atoms with Gasteiger partial charge in [0.1, 0.15) is 0 Å². The van der Waals surface area contributed by atoms with E-state index in [0.717, 1.165) is 0 Å². The Morgan fingerprint density at radius 2 is 2.20 bits per heavy atom. The van der Waals surface area contributed by atoms with Gasteiger partial charge in [0.15, 0.2) is 0 Å². The summed E-state index contributed by atoms with van der Waals surface area (Å²) in [5.74, 6) is 0. The zero-order chi connectivity index (χ0) is 7.56. The topological polar surface area (TPSA) is 15.3 Å². The lowest BCUT2D eigenvalue weighted by atomic mass is 10.3. The fraction of sp³-hybridized carbons (Fsp3) is 1.00. The highest BCUT2D eigenvalue weighted by Gasteiger charge is 2.20. The second-order valence-electron chi connectivity index (χ2n) is 3.46. The van der Waals surface area contributed by atoms with E-state index in [1.165, 1.54) is 19.4 Å². The van der Waals surface area contributed by atoms with Crippen LogP contribution in [0.1, 0.15) is 26.7 Å². The van der Waals surface area contributed by atoms with Gasteiger partial charge >= 0.3 is 0 Å². The SMILES string of the molecule is CC(C)NC1CCCN1C. The normalized spacial score (nSPS) is 28.2. The molecule has 2 heteroatoms. The van der Waals surface area contributed by atoms with Gasteiger partial charge in [0.2, 0.25) is 0 Å². The van der Waals surface area contributed by atoms with Crippen molar-refractivity contribution in [3.63, 3.8) is 0 Å². The van der Waals surface area contributed by atoms with Crippen LogP contribution in [0.15, 0.2) is 0 Å².